The summed E-state index contributed by atoms with van der Waals surface area (Å²) in [6.07, 6.45) is 9.21. The van der Waals surface area contributed by atoms with Gasteiger partial charge in [-0.25, -0.2) is 14.8 Å². The van der Waals surface area contributed by atoms with Gasteiger partial charge in [0.1, 0.15) is 0 Å². The number of carbonyl (C=O) groups excluding carboxylic acids is 1. The van der Waals surface area contributed by atoms with Gasteiger partial charge in [-0.1, -0.05) is 0 Å². The van der Waals surface area contributed by atoms with E-state index in [1.54, 1.807) is 12.4 Å². The fourth-order valence-electron chi connectivity index (χ4n) is 2.77. The van der Waals surface area contributed by atoms with Crippen LogP contribution >= 0.6 is 0 Å². The van der Waals surface area contributed by atoms with Gasteiger partial charge in [0.15, 0.2) is 0 Å². The van der Waals surface area contributed by atoms with E-state index in [0.717, 1.165) is 45.0 Å². The van der Waals surface area contributed by atoms with Crippen LogP contribution in [0.25, 0.3) is 0 Å². The number of nitrogens with one attached hydrogen (secondary N) is 1. The predicted octanol–water partition coefficient (Wildman–Crippen LogP) is 2.09. The van der Waals surface area contributed by atoms with Crippen LogP contribution in [0.15, 0.2) is 12.4 Å². The highest BCUT2D eigenvalue weighted by Crippen LogP contribution is 2.17. The normalized spacial score (nSPS) is 19.2. The number of aromatic nitrogens is 2. The van der Waals surface area contributed by atoms with Crippen LogP contribution in [0.5, 0.6) is 0 Å². The van der Waals surface area contributed by atoms with E-state index in [0.29, 0.717) is 5.69 Å². The molecule has 108 valence electrons. The maximum absolute atomic E-state index is 12.1. The molecule has 0 aromatic carbocycles. The molecule has 0 spiro atoms. The minimum absolute atomic E-state index is 0.0396. The van der Waals surface area contributed by atoms with Gasteiger partial charge in [0, 0.05) is 26.2 Å². The number of rotatable bonds is 2. The van der Waals surface area contributed by atoms with Gasteiger partial charge < -0.3 is 15.1 Å². The number of carbonyl (C=O) groups is 1. The van der Waals surface area contributed by atoms with Gasteiger partial charge in [0.25, 0.3) is 0 Å². The van der Waals surface area contributed by atoms with Crippen molar-refractivity contribution in [1.29, 1.82) is 0 Å². The summed E-state index contributed by atoms with van der Waals surface area (Å²) in [6.45, 7) is 3.75. The zero-order valence-corrected chi connectivity index (χ0v) is 11.7. The summed E-state index contributed by atoms with van der Waals surface area (Å²) in [5.41, 5.74) is 0.670. The number of amides is 2. The van der Waals surface area contributed by atoms with Crippen molar-refractivity contribution in [3.8, 4) is 0 Å². The highest BCUT2D eigenvalue weighted by Gasteiger charge is 2.17. The van der Waals surface area contributed by atoms with Gasteiger partial charge >= 0.3 is 6.03 Å². The second kappa shape index (κ2) is 6.07. The van der Waals surface area contributed by atoms with E-state index in [-0.39, 0.29) is 6.03 Å². The third-order valence-corrected chi connectivity index (χ3v) is 3.92. The van der Waals surface area contributed by atoms with Gasteiger partial charge in [0.2, 0.25) is 5.95 Å². The number of likely N-dealkylation sites (tertiary alicyclic amines) is 1. The van der Waals surface area contributed by atoms with Crippen molar-refractivity contribution in [2.24, 2.45) is 0 Å². The van der Waals surface area contributed by atoms with Crippen LogP contribution in [0.2, 0.25) is 0 Å². The highest BCUT2D eigenvalue weighted by atomic mass is 16.2. The monoisotopic (exact) mass is 275 g/mol. The first kappa shape index (κ1) is 13.1. The molecule has 3 heterocycles. The van der Waals surface area contributed by atoms with E-state index >= 15 is 0 Å². The molecule has 6 nitrogen and oxygen atoms in total. The smallest absolute Gasteiger partial charge is 0.321 e. The lowest BCUT2D eigenvalue weighted by molar-refractivity contribution is 0.200. The third-order valence-electron chi connectivity index (χ3n) is 3.92. The Morgan fingerprint density at radius 2 is 1.55 bits per heavy atom. The molecule has 0 radical (unpaired) electrons. The Bertz CT molecular complexity index is 449. The Labute approximate surface area is 119 Å². The van der Waals surface area contributed by atoms with Crippen LogP contribution in [0.1, 0.15) is 32.1 Å². The summed E-state index contributed by atoms with van der Waals surface area (Å²) >= 11 is 0. The first-order valence-corrected chi connectivity index (χ1v) is 7.46. The lowest BCUT2D eigenvalue weighted by Gasteiger charge is -2.26. The van der Waals surface area contributed by atoms with E-state index in [9.17, 15) is 4.79 Å². The summed E-state index contributed by atoms with van der Waals surface area (Å²) in [6, 6.07) is -0.0396. The molecular formula is C14H21N5O. The number of anilines is 2. The fourth-order valence-corrected chi connectivity index (χ4v) is 2.77. The van der Waals surface area contributed by atoms with E-state index in [1.165, 1.54) is 19.3 Å². The average Bonchev–Trinajstić information content (AvgIpc) is 3.03. The van der Waals surface area contributed by atoms with Crippen molar-refractivity contribution in [2.45, 2.75) is 32.1 Å². The van der Waals surface area contributed by atoms with E-state index in [4.69, 9.17) is 0 Å². The van der Waals surface area contributed by atoms with Crippen LogP contribution in [0.4, 0.5) is 16.4 Å². The summed E-state index contributed by atoms with van der Waals surface area (Å²) in [5, 5.41) is 2.87. The van der Waals surface area contributed by atoms with Crippen LogP contribution in [0, 0.1) is 0 Å². The Kier molecular flexibility index (Phi) is 3.99. The first-order chi connectivity index (χ1) is 9.83. The number of nitrogens with zero attached hydrogens (tertiary/aromatic N) is 4. The Balaban J connectivity index is 1.58. The molecule has 0 saturated carbocycles. The molecule has 0 atom stereocenters. The topological polar surface area (TPSA) is 61.4 Å². The summed E-state index contributed by atoms with van der Waals surface area (Å²) < 4.78 is 0. The zero-order chi connectivity index (χ0) is 13.8. The average molecular weight is 275 g/mol. The Hall–Kier alpha value is -1.85. The standard InChI is InChI=1S/C14H21N5O/c20-14(19-8-2-1-3-9-19)17-12-10-15-13(16-11-12)18-6-4-5-7-18/h10-11H,1-9H2,(H,17,20). The largest absolute Gasteiger partial charge is 0.341 e. The van der Waals surface area contributed by atoms with Crippen molar-refractivity contribution >= 4 is 17.7 Å². The second-order valence-corrected chi connectivity index (χ2v) is 5.44. The molecule has 2 amide bonds. The van der Waals surface area contributed by atoms with Gasteiger partial charge in [-0.2, -0.15) is 0 Å². The molecule has 1 aromatic rings. The Morgan fingerprint density at radius 1 is 0.950 bits per heavy atom. The fraction of sp³-hybridized carbons (Fsp3) is 0.643. The van der Waals surface area contributed by atoms with E-state index < -0.39 is 0 Å². The second-order valence-electron chi connectivity index (χ2n) is 5.44. The van der Waals surface area contributed by atoms with Gasteiger partial charge in [-0.15, -0.1) is 0 Å². The van der Waals surface area contributed by atoms with Crippen molar-refractivity contribution in [3.05, 3.63) is 12.4 Å². The number of hydrogen-bond acceptors (Lipinski definition) is 4. The summed E-state index contributed by atoms with van der Waals surface area (Å²) in [5.74, 6) is 0.762. The SMILES string of the molecule is O=C(Nc1cnc(N2CCCC2)nc1)N1CCCCC1. The van der Waals surface area contributed by atoms with Crippen LogP contribution in [-0.2, 0) is 0 Å². The molecule has 1 N–H and O–H groups in total. The van der Waals surface area contributed by atoms with Gasteiger partial charge in [0.05, 0.1) is 18.1 Å². The molecule has 20 heavy (non-hydrogen) atoms. The molecule has 2 aliphatic rings. The molecule has 6 heteroatoms. The zero-order valence-electron chi connectivity index (χ0n) is 11.7. The lowest BCUT2D eigenvalue weighted by atomic mass is 10.1. The maximum Gasteiger partial charge on any atom is 0.321 e. The summed E-state index contributed by atoms with van der Waals surface area (Å²) in [7, 11) is 0. The lowest BCUT2D eigenvalue weighted by Crippen LogP contribution is -2.38. The van der Waals surface area contributed by atoms with Crippen LogP contribution < -0.4 is 10.2 Å². The van der Waals surface area contributed by atoms with Gasteiger partial charge in [-0.05, 0) is 32.1 Å². The molecule has 2 saturated heterocycles. The molecular weight excluding hydrogens is 254 g/mol. The van der Waals surface area contributed by atoms with Crippen molar-refractivity contribution in [3.63, 3.8) is 0 Å². The minimum Gasteiger partial charge on any atom is -0.341 e. The molecule has 3 rings (SSSR count). The van der Waals surface area contributed by atoms with E-state index in [1.807, 2.05) is 4.90 Å². The van der Waals surface area contributed by atoms with Crippen molar-refractivity contribution in [1.82, 2.24) is 14.9 Å². The number of hydrogen-bond donors (Lipinski definition) is 1. The first-order valence-electron chi connectivity index (χ1n) is 7.46. The molecule has 0 aliphatic carbocycles. The van der Waals surface area contributed by atoms with Crippen LogP contribution in [-0.4, -0.2) is 47.1 Å². The quantitative estimate of drug-likeness (QED) is 0.898. The molecule has 2 aliphatic heterocycles. The van der Waals surface area contributed by atoms with Crippen molar-refractivity contribution < 1.29 is 4.79 Å². The van der Waals surface area contributed by atoms with Crippen LogP contribution in [0.3, 0.4) is 0 Å². The maximum atomic E-state index is 12.1. The summed E-state index contributed by atoms with van der Waals surface area (Å²) in [4.78, 5) is 24.8. The minimum atomic E-state index is -0.0396. The number of urea groups is 1. The van der Waals surface area contributed by atoms with E-state index in [2.05, 4.69) is 20.2 Å². The highest BCUT2D eigenvalue weighted by molar-refractivity contribution is 5.89. The molecule has 2 fully saturated rings. The molecule has 0 unspecified atom stereocenters. The predicted molar refractivity (Wildman–Crippen MR) is 77.9 cm³/mol. The Morgan fingerprint density at radius 3 is 2.20 bits per heavy atom. The van der Waals surface area contributed by atoms with Gasteiger partial charge in [-0.3, -0.25) is 0 Å². The molecule has 0 bridgehead atoms. The molecule has 1 aromatic heterocycles. The van der Waals surface area contributed by atoms with Crippen molar-refractivity contribution in [2.75, 3.05) is 36.4 Å². The number of piperidine rings is 1. The third kappa shape index (κ3) is 3.00.